The van der Waals surface area contributed by atoms with Gasteiger partial charge in [0.05, 0.1) is 29.8 Å². The average Bonchev–Trinajstić information content (AvgIpc) is 3.38. The quantitative estimate of drug-likeness (QED) is 0.777. The molecule has 0 saturated carbocycles. The molecule has 26 heavy (non-hydrogen) atoms. The number of nitrogens with one attached hydrogen (secondary N) is 1. The number of rotatable bonds is 7. The SMILES string of the molecule is CCN1[C@@H]2CC[C@H]1[C@@](Cc1cscn1)(C(=O)NCCN1CCOCC1)C2. The highest BCUT2D eigenvalue weighted by Crippen LogP contribution is 2.51. The molecule has 3 atom stereocenters. The van der Waals surface area contributed by atoms with E-state index in [4.69, 9.17) is 4.74 Å². The third-order valence-corrected chi connectivity index (χ3v) is 7.13. The number of carbonyl (C=O) groups excluding carboxylic acids is 1. The second-order valence-corrected chi connectivity index (χ2v) is 8.52. The van der Waals surface area contributed by atoms with Crippen molar-refractivity contribution in [2.75, 3.05) is 45.9 Å². The van der Waals surface area contributed by atoms with Gasteiger partial charge in [0.1, 0.15) is 0 Å². The third kappa shape index (κ3) is 3.42. The summed E-state index contributed by atoms with van der Waals surface area (Å²) in [6, 6.07) is 0.927. The number of carbonyl (C=O) groups is 1. The molecule has 0 aromatic carbocycles. The number of hydrogen-bond acceptors (Lipinski definition) is 6. The maximum absolute atomic E-state index is 13.4. The first kappa shape index (κ1) is 18.3. The predicted octanol–water partition coefficient (Wildman–Crippen LogP) is 1.38. The lowest BCUT2D eigenvalue weighted by Crippen LogP contribution is -2.52. The molecule has 7 heteroatoms. The van der Waals surface area contributed by atoms with Gasteiger partial charge in [-0.3, -0.25) is 14.6 Å². The molecule has 0 aliphatic carbocycles. The van der Waals surface area contributed by atoms with Gasteiger partial charge in [0.25, 0.3) is 0 Å². The highest BCUT2D eigenvalue weighted by molar-refractivity contribution is 7.07. The van der Waals surface area contributed by atoms with E-state index in [0.717, 1.165) is 70.9 Å². The second kappa shape index (κ2) is 7.92. The first-order chi connectivity index (χ1) is 12.7. The Labute approximate surface area is 159 Å². The normalized spacial score (nSPS) is 32.2. The lowest BCUT2D eigenvalue weighted by Gasteiger charge is -2.36. The van der Waals surface area contributed by atoms with Crippen LogP contribution in [0.15, 0.2) is 10.9 Å². The molecule has 1 amide bonds. The summed E-state index contributed by atoms with van der Waals surface area (Å²) in [6.45, 7) is 8.43. The van der Waals surface area contributed by atoms with Crippen molar-refractivity contribution in [2.45, 2.75) is 44.7 Å². The number of amides is 1. The second-order valence-electron chi connectivity index (χ2n) is 7.80. The van der Waals surface area contributed by atoms with Gasteiger partial charge >= 0.3 is 0 Å². The molecular formula is C19H30N4O2S. The summed E-state index contributed by atoms with van der Waals surface area (Å²) in [5, 5.41) is 5.38. The molecule has 1 N–H and O–H groups in total. The molecule has 1 aromatic rings. The van der Waals surface area contributed by atoms with Gasteiger partial charge in [0, 0.05) is 50.1 Å². The van der Waals surface area contributed by atoms with E-state index in [1.165, 1.54) is 6.42 Å². The summed E-state index contributed by atoms with van der Waals surface area (Å²) >= 11 is 1.62. The molecule has 3 aliphatic heterocycles. The topological polar surface area (TPSA) is 57.7 Å². The number of thiazole rings is 1. The Morgan fingerprint density at radius 3 is 2.96 bits per heavy atom. The number of aromatic nitrogens is 1. The zero-order valence-corrected chi connectivity index (χ0v) is 16.5. The van der Waals surface area contributed by atoms with Crippen LogP contribution in [0, 0.1) is 5.41 Å². The van der Waals surface area contributed by atoms with E-state index >= 15 is 0 Å². The summed E-state index contributed by atoms with van der Waals surface area (Å²) in [5.41, 5.74) is 2.64. The van der Waals surface area contributed by atoms with Crippen molar-refractivity contribution in [3.63, 3.8) is 0 Å². The fourth-order valence-corrected chi connectivity index (χ4v) is 5.83. The smallest absolute Gasteiger partial charge is 0.228 e. The van der Waals surface area contributed by atoms with Gasteiger partial charge in [-0.05, 0) is 25.8 Å². The average molecular weight is 379 g/mol. The minimum Gasteiger partial charge on any atom is -0.379 e. The van der Waals surface area contributed by atoms with Gasteiger partial charge in [-0.1, -0.05) is 6.92 Å². The summed E-state index contributed by atoms with van der Waals surface area (Å²) < 4.78 is 5.40. The Hall–Kier alpha value is -1.02. The van der Waals surface area contributed by atoms with Crippen LogP contribution in [0.5, 0.6) is 0 Å². The van der Waals surface area contributed by atoms with Crippen LogP contribution in [0.25, 0.3) is 0 Å². The van der Waals surface area contributed by atoms with E-state index in [-0.39, 0.29) is 11.3 Å². The van der Waals surface area contributed by atoms with Crippen molar-refractivity contribution >= 4 is 17.2 Å². The monoisotopic (exact) mass is 378 g/mol. The Kier molecular flexibility index (Phi) is 5.59. The Balaban J connectivity index is 1.44. The largest absolute Gasteiger partial charge is 0.379 e. The number of fused-ring (bicyclic) bond motifs is 2. The first-order valence-corrected chi connectivity index (χ1v) is 10.9. The first-order valence-electron chi connectivity index (χ1n) is 9.94. The van der Waals surface area contributed by atoms with Gasteiger partial charge in [-0.15, -0.1) is 11.3 Å². The third-order valence-electron chi connectivity index (χ3n) is 6.50. The molecule has 4 rings (SSSR count). The summed E-state index contributed by atoms with van der Waals surface area (Å²) in [6.07, 6.45) is 4.13. The minimum atomic E-state index is -0.308. The predicted molar refractivity (Wildman–Crippen MR) is 102 cm³/mol. The Morgan fingerprint density at radius 1 is 1.42 bits per heavy atom. The highest BCUT2D eigenvalue weighted by atomic mass is 32.1. The van der Waals surface area contributed by atoms with Crippen LogP contribution in [0.4, 0.5) is 0 Å². The van der Waals surface area contributed by atoms with E-state index in [2.05, 4.69) is 32.4 Å². The molecule has 6 nitrogen and oxygen atoms in total. The molecule has 0 spiro atoms. The van der Waals surface area contributed by atoms with Crippen molar-refractivity contribution < 1.29 is 9.53 Å². The molecule has 3 fully saturated rings. The van der Waals surface area contributed by atoms with Crippen molar-refractivity contribution in [3.8, 4) is 0 Å². The molecule has 1 aromatic heterocycles. The number of ether oxygens (including phenoxy) is 1. The van der Waals surface area contributed by atoms with Crippen molar-refractivity contribution in [2.24, 2.45) is 5.41 Å². The van der Waals surface area contributed by atoms with Crippen molar-refractivity contribution in [3.05, 3.63) is 16.6 Å². The lowest BCUT2D eigenvalue weighted by atomic mass is 9.70. The molecular weight excluding hydrogens is 348 g/mol. The van der Waals surface area contributed by atoms with Gasteiger partial charge < -0.3 is 10.1 Å². The van der Waals surface area contributed by atoms with Gasteiger partial charge in [-0.2, -0.15) is 0 Å². The van der Waals surface area contributed by atoms with Crippen LogP contribution >= 0.6 is 11.3 Å². The Morgan fingerprint density at radius 2 is 2.27 bits per heavy atom. The maximum Gasteiger partial charge on any atom is 0.228 e. The zero-order chi connectivity index (χ0) is 18.0. The van der Waals surface area contributed by atoms with Crippen LogP contribution in [-0.4, -0.2) is 78.7 Å². The van der Waals surface area contributed by atoms with Crippen LogP contribution in [0.1, 0.15) is 31.9 Å². The van der Waals surface area contributed by atoms with Crippen LogP contribution in [-0.2, 0) is 16.0 Å². The number of morpholine rings is 1. The lowest BCUT2D eigenvalue weighted by molar-refractivity contribution is -0.133. The zero-order valence-electron chi connectivity index (χ0n) is 15.7. The van der Waals surface area contributed by atoms with E-state index < -0.39 is 0 Å². The fraction of sp³-hybridized carbons (Fsp3) is 0.789. The summed E-state index contributed by atoms with van der Waals surface area (Å²) in [7, 11) is 0. The highest BCUT2D eigenvalue weighted by Gasteiger charge is 2.59. The molecule has 0 radical (unpaired) electrons. The molecule has 3 saturated heterocycles. The van der Waals surface area contributed by atoms with E-state index in [1.807, 2.05) is 5.51 Å². The van der Waals surface area contributed by atoms with Crippen LogP contribution < -0.4 is 5.32 Å². The van der Waals surface area contributed by atoms with Gasteiger partial charge in [0.15, 0.2) is 0 Å². The molecule has 144 valence electrons. The van der Waals surface area contributed by atoms with Crippen molar-refractivity contribution in [1.29, 1.82) is 0 Å². The van der Waals surface area contributed by atoms with Gasteiger partial charge in [0.2, 0.25) is 5.91 Å². The van der Waals surface area contributed by atoms with E-state index in [9.17, 15) is 4.79 Å². The van der Waals surface area contributed by atoms with Crippen molar-refractivity contribution in [1.82, 2.24) is 20.1 Å². The summed E-state index contributed by atoms with van der Waals surface area (Å²) in [5.74, 6) is 0.240. The minimum absolute atomic E-state index is 0.240. The molecule has 0 unspecified atom stereocenters. The van der Waals surface area contributed by atoms with Crippen LogP contribution in [0.3, 0.4) is 0 Å². The standard InChI is InChI=1S/C19H30N4O2S/c1-2-23-16-3-4-17(23)19(12-16,11-15-13-26-14-21-15)18(24)20-5-6-22-7-9-25-10-8-22/h13-14,16-17H,2-12H2,1H3,(H,20,24)/t16-,17+,19+/m1/s1. The summed E-state index contributed by atoms with van der Waals surface area (Å²) in [4.78, 5) is 22.8. The Bertz CT molecular complexity index is 605. The van der Waals surface area contributed by atoms with E-state index in [0.29, 0.717) is 12.1 Å². The fourth-order valence-electron chi connectivity index (χ4n) is 5.28. The van der Waals surface area contributed by atoms with E-state index in [1.54, 1.807) is 11.3 Å². The molecule has 3 aliphatic rings. The van der Waals surface area contributed by atoms with Crippen LogP contribution in [0.2, 0.25) is 0 Å². The number of nitrogens with zero attached hydrogens (tertiary/aromatic N) is 3. The molecule has 4 heterocycles. The molecule has 2 bridgehead atoms. The van der Waals surface area contributed by atoms with Gasteiger partial charge in [-0.25, -0.2) is 4.98 Å². The maximum atomic E-state index is 13.4. The number of hydrogen-bond donors (Lipinski definition) is 1.